The Hall–Kier alpha value is -2.76. The predicted octanol–water partition coefficient (Wildman–Crippen LogP) is 2.74. The lowest BCUT2D eigenvalue weighted by Crippen LogP contribution is -2.37. The molecule has 0 unspecified atom stereocenters. The first kappa shape index (κ1) is 16.1. The number of guanidine groups is 1. The summed E-state index contributed by atoms with van der Waals surface area (Å²) in [5.74, 6) is 1.25. The quantitative estimate of drug-likeness (QED) is 0.562. The van der Waals surface area contributed by atoms with Crippen molar-refractivity contribution in [2.75, 3.05) is 11.9 Å². The summed E-state index contributed by atoms with van der Waals surface area (Å²) in [6.45, 7) is 1.42. The largest absolute Gasteiger partial charge is 0.459 e. The Bertz CT molecular complexity index is 688. The molecule has 3 rings (SSSR count). The fourth-order valence-electron chi connectivity index (χ4n) is 2.47. The number of hydrogen-bond acceptors (Lipinski definition) is 3. The van der Waals surface area contributed by atoms with Crippen molar-refractivity contribution >= 4 is 17.6 Å². The molecule has 1 aliphatic rings. The molecule has 0 spiro atoms. The van der Waals surface area contributed by atoms with Crippen LogP contribution in [0.1, 0.15) is 35.4 Å². The van der Waals surface area contributed by atoms with Crippen LogP contribution in [0.25, 0.3) is 0 Å². The number of amides is 1. The first-order valence-electron chi connectivity index (χ1n) is 8.18. The van der Waals surface area contributed by atoms with Gasteiger partial charge in [0.05, 0.1) is 12.8 Å². The monoisotopic (exact) mass is 326 g/mol. The van der Waals surface area contributed by atoms with Gasteiger partial charge in [-0.1, -0.05) is 18.6 Å². The number of aliphatic imine (C=N–C) groups is 1. The van der Waals surface area contributed by atoms with Gasteiger partial charge in [0.15, 0.2) is 11.7 Å². The van der Waals surface area contributed by atoms with E-state index in [1.54, 1.807) is 12.1 Å². The Kier molecular flexibility index (Phi) is 5.15. The number of furan rings is 1. The highest BCUT2D eigenvalue weighted by Gasteiger charge is 2.16. The lowest BCUT2D eigenvalue weighted by atomic mass is 9.85. The SMILES string of the molecule is NC(=NCc1ccc(NC(=O)c2ccco2)cc1)NCC1CCC1. The summed E-state index contributed by atoms with van der Waals surface area (Å²) < 4.78 is 5.06. The number of hydrogen-bond donors (Lipinski definition) is 3. The molecular formula is C18H22N4O2. The van der Waals surface area contributed by atoms with E-state index in [1.807, 2.05) is 24.3 Å². The molecule has 6 nitrogen and oxygen atoms in total. The minimum atomic E-state index is -0.268. The van der Waals surface area contributed by atoms with Crippen LogP contribution < -0.4 is 16.4 Å². The fourth-order valence-corrected chi connectivity index (χ4v) is 2.47. The van der Waals surface area contributed by atoms with E-state index in [-0.39, 0.29) is 11.7 Å². The van der Waals surface area contributed by atoms with Gasteiger partial charge in [-0.25, -0.2) is 4.99 Å². The highest BCUT2D eigenvalue weighted by molar-refractivity contribution is 6.02. The van der Waals surface area contributed by atoms with Crippen molar-refractivity contribution in [2.45, 2.75) is 25.8 Å². The van der Waals surface area contributed by atoms with Crippen LogP contribution in [0.15, 0.2) is 52.1 Å². The van der Waals surface area contributed by atoms with Crippen LogP contribution in [0.2, 0.25) is 0 Å². The Labute approximate surface area is 141 Å². The van der Waals surface area contributed by atoms with E-state index in [9.17, 15) is 4.79 Å². The van der Waals surface area contributed by atoms with Crippen LogP contribution in [-0.2, 0) is 6.54 Å². The molecule has 0 atom stereocenters. The van der Waals surface area contributed by atoms with Gasteiger partial charge in [0.1, 0.15) is 0 Å². The van der Waals surface area contributed by atoms with Gasteiger partial charge in [-0.05, 0) is 48.6 Å². The molecule has 0 bridgehead atoms. The number of nitrogens with zero attached hydrogens (tertiary/aromatic N) is 1. The number of anilines is 1. The van der Waals surface area contributed by atoms with Gasteiger partial charge in [0.2, 0.25) is 0 Å². The van der Waals surface area contributed by atoms with E-state index >= 15 is 0 Å². The normalized spacial score (nSPS) is 14.9. The molecule has 4 N–H and O–H groups in total. The third-order valence-corrected chi connectivity index (χ3v) is 4.19. The van der Waals surface area contributed by atoms with E-state index in [1.165, 1.54) is 25.5 Å². The van der Waals surface area contributed by atoms with Crippen LogP contribution in [0, 0.1) is 5.92 Å². The van der Waals surface area contributed by atoms with E-state index < -0.39 is 0 Å². The molecule has 1 amide bonds. The number of carbonyl (C=O) groups excluding carboxylic acids is 1. The molecule has 126 valence electrons. The maximum Gasteiger partial charge on any atom is 0.291 e. The van der Waals surface area contributed by atoms with E-state index in [4.69, 9.17) is 10.2 Å². The number of benzene rings is 1. The van der Waals surface area contributed by atoms with Gasteiger partial charge in [0, 0.05) is 12.2 Å². The summed E-state index contributed by atoms with van der Waals surface area (Å²) in [4.78, 5) is 16.2. The summed E-state index contributed by atoms with van der Waals surface area (Å²) in [6, 6.07) is 10.8. The molecule has 0 aliphatic heterocycles. The number of nitrogens with one attached hydrogen (secondary N) is 2. The summed E-state index contributed by atoms with van der Waals surface area (Å²) >= 11 is 0. The number of nitrogens with two attached hydrogens (primary N) is 1. The first-order valence-corrected chi connectivity index (χ1v) is 8.18. The van der Waals surface area contributed by atoms with Crippen LogP contribution in [0.3, 0.4) is 0 Å². The molecule has 0 saturated heterocycles. The molecule has 1 saturated carbocycles. The van der Waals surface area contributed by atoms with Crippen LogP contribution in [0.5, 0.6) is 0 Å². The maximum absolute atomic E-state index is 11.9. The van der Waals surface area contributed by atoms with Gasteiger partial charge in [-0.2, -0.15) is 0 Å². The van der Waals surface area contributed by atoms with Gasteiger partial charge in [-0.15, -0.1) is 0 Å². The summed E-state index contributed by atoms with van der Waals surface area (Å²) in [5.41, 5.74) is 7.61. The third kappa shape index (κ3) is 4.38. The second-order valence-electron chi connectivity index (χ2n) is 6.01. The molecule has 1 fully saturated rings. The van der Waals surface area contributed by atoms with E-state index in [0.717, 1.165) is 18.0 Å². The van der Waals surface area contributed by atoms with Gasteiger partial charge in [0.25, 0.3) is 5.91 Å². The Balaban J connectivity index is 1.47. The van der Waals surface area contributed by atoms with Gasteiger partial charge < -0.3 is 20.8 Å². The van der Waals surface area contributed by atoms with E-state index in [2.05, 4.69) is 15.6 Å². The Morgan fingerprint density at radius 3 is 2.67 bits per heavy atom. The second kappa shape index (κ2) is 7.68. The smallest absolute Gasteiger partial charge is 0.291 e. The summed E-state index contributed by atoms with van der Waals surface area (Å²) in [5, 5.41) is 5.94. The Morgan fingerprint density at radius 2 is 2.04 bits per heavy atom. The molecule has 2 aromatic rings. The summed E-state index contributed by atoms with van der Waals surface area (Å²) in [6.07, 6.45) is 5.36. The second-order valence-corrected chi connectivity index (χ2v) is 6.01. The van der Waals surface area contributed by atoms with Crippen molar-refractivity contribution in [3.63, 3.8) is 0 Å². The lowest BCUT2D eigenvalue weighted by molar-refractivity contribution is 0.0996. The van der Waals surface area contributed by atoms with Crippen LogP contribution in [0.4, 0.5) is 5.69 Å². The van der Waals surface area contributed by atoms with Crippen molar-refractivity contribution in [3.8, 4) is 0 Å². The highest BCUT2D eigenvalue weighted by Crippen LogP contribution is 2.25. The van der Waals surface area contributed by atoms with E-state index in [0.29, 0.717) is 18.2 Å². The van der Waals surface area contributed by atoms with Crippen molar-refractivity contribution in [1.29, 1.82) is 0 Å². The zero-order valence-electron chi connectivity index (χ0n) is 13.5. The average molecular weight is 326 g/mol. The number of carbonyl (C=O) groups is 1. The minimum Gasteiger partial charge on any atom is -0.459 e. The minimum absolute atomic E-state index is 0.268. The van der Waals surface area contributed by atoms with Gasteiger partial charge >= 0.3 is 0 Å². The maximum atomic E-state index is 11.9. The molecule has 1 aromatic carbocycles. The zero-order valence-corrected chi connectivity index (χ0v) is 13.5. The van der Waals surface area contributed by atoms with Crippen LogP contribution >= 0.6 is 0 Å². The fraction of sp³-hybridized carbons (Fsp3) is 0.333. The zero-order chi connectivity index (χ0) is 16.8. The van der Waals surface area contributed by atoms with Crippen LogP contribution in [-0.4, -0.2) is 18.4 Å². The molecule has 24 heavy (non-hydrogen) atoms. The summed E-state index contributed by atoms with van der Waals surface area (Å²) in [7, 11) is 0. The number of rotatable bonds is 6. The van der Waals surface area contributed by atoms with Crippen molar-refractivity contribution in [2.24, 2.45) is 16.6 Å². The molecule has 1 aliphatic carbocycles. The van der Waals surface area contributed by atoms with Crippen molar-refractivity contribution < 1.29 is 9.21 Å². The first-order chi connectivity index (χ1) is 11.7. The molecule has 1 heterocycles. The molecule has 0 radical (unpaired) electrons. The Morgan fingerprint density at radius 1 is 1.25 bits per heavy atom. The topological polar surface area (TPSA) is 92.6 Å². The standard InChI is InChI=1S/C18H22N4O2/c19-18(20-11-13-3-1-4-13)21-12-14-6-8-15(9-7-14)22-17(23)16-5-2-10-24-16/h2,5-10,13H,1,3-4,11-12H2,(H,22,23)(H3,19,20,21). The third-order valence-electron chi connectivity index (χ3n) is 4.19. The average Bonchev–Trinajstić information content (AvgIpc) is 3.07. The van der Waals surface area contributed by atoms with Gasteiger partial charge in [-0.3, -0.25) is 4.79 Å². The highest BCUT2D eigenvalue weighted by atomic mass is 16.3. The molecular weight excluding hydrogens is 304 g/mol. The lowest BCUT2D eigenvalue weighted by Gasteiger charge is -2.25. The van der Waals surface area contributed by atoms with Crippen molar-refractivity contribution in [3.05, 3.63) is 54.0 Å². The molecule has 6 heteroatoms. The molecule has 1 aromatic heterocycles. The predicted molar refractivity (Wildman–Crippen MR) is 93.8 cm³/mol. The van der Waals surface area contributed by atoms with Crippen molar-refractivity contribution in [1.82, 2.24) is 5.32 Å².